The number of rotatable bonds is 6. The summed E-state index contributed by atoms with van der Waals surface area (Å²) in [5, 5.41) is 0.265. The van der Waals surface area contributed by atoms with E-state index in [1.807, 2.05) is 0 Å². The van der Waals surface area contributed by atoms with E-state index in [2.05, 4.69) is 98.9 Å². The first kappa shape index (κ1) is 20.6. The average Bonchev–Trinajstić information content (AvgIpc) is 2.11. The lowest BCUT2D eigenvalue weighted by Gasteiger charge is -2.38. The Morgan fingerprint density at radius 3 is 2.00 bits per heavy atom. The third kappa shape index (κ3) is 8.15. The predicted molar refractivity (Wildman–Crippen MR) is 107 cm³/mol. The van der Waals surface area contributed by atoms with E-state index in [1.165, 1.54) is 5.57 Å². The van der Waals surface area contributed by atoms with E-state index in [-0.39, 0.29) is 11.1 Å². The van der Waals surface area contributed by atoms with Crippen LogP contribution >= 0.6 is 22.6 Å². The van der Waals surface area contributed by atoms with E-state index >= 15 is 0 Å². The van der Waals surface area contributed by atoms with Gasteiger partial charge in [0, 0.05) is 0 Å². The molecule has 0 rings (SSSR count). The van der Waals surface area contributed by atoms with Gasteiger partial charge in [-0.25, -0.2) is 0 Å². The molecule has 0 aromatic rings. The molecule has 0 saturated carbocycles. The molecule has 118 valence electrons. The van der Waals surface area contributed by atoms with Crippen LogP contribution in [0.4, 0.5) is 0 Å². The second-order valence-electron chi connectivity index (χ2n) is 8.30. The van der Waals surface area contributed by atoms with Crippen LogP contribution in [0.2, 0.25) is 37.8 Å². The lowest BCUT2D eigenvalue weighted by atomic mass is 10.1. The van der Waals surface area contributed by atoms with E-state index in [0.29, 0.717) is 0 Å². The Hall–Kier alpha value is 0.604. The smallest absolute Gasteiger partial charge is 0.192 e. The van der Waals surface area contributed by atoms with Crippen LogP contribution in [0.3, 0.4) is 0 Å². The molecule has 1 nitrogen and oxygen atoms in total. The Kier molecular flexibility index (Phi) is 7.98. The fraction of sp³-hybridized carbons (Fsp3) is 0.750. The Labute approximate surface area is 142 Å². The number of halogens is 1. The molecule has 0 aromatic carbocycles. The van der Waals surface area contributed by atoms with Crippen molar-refractivity contribution in [1.82, 2.24) is 0 Å². The van der Waals surface area contributed by atoms with E-state index in [0.717, 1.165) is 6.42 Å². The van der Waals surface area contributed by atoms with Crippen molar-refractivity contribution < 1.29 is 4.43 Å². The third-order valence-electron chi connectivity index (χ3n) is 3.74. The second kappa shape index (κ2) is 7.74. The summed E-state index contributed by atoms with van der Waals surface area (Å²) in [4.78, 5) is 0. The maximum Gasteiger partial charge on any atom is 0.192 e. The zero-order chi connectivity index (χ0) is 16.2. The summed E-state index contributed by atoms with van der Waals surface area (Å²) in [5.74, 6) is 0. The molecule has 0 fully saturated rings. The number of hydrogen-bond donors (Lipinski definition) is 0. The van der Waals surface area contributed by atoms with Crippen molar-refractivity contribution in [1.29, 1.82) is 0 Å². The minimum Gasteiger partial charge on any atom is -0.410 e. The van der Waals surface area contributed by atoms with Crippen molar-refractivity contribution in [3.05, 3.63) is 21.4 Å². The summed E-state index contributed by atoms with van der Waals surface area (Å²) in [7, 11) is -2.84. The summed E-state index contributed by atoms with van der Waals surface area (Å²) >= 11 is 2.29. The van der Waals surface area contributed by atoms with Crippen molar-refractivity contribution >= 4 is 39.0 Å². The molecule has 20 heavy (non-hydrogen) atoms. The molecule has 0 aromatic heterocycles. The first-order valence-electron chi connectivity index (χ1n) is 7.41. The van der Waals surface area contributed by atoms with Gasteiger partial charge in [-0.1, -0.05) is 80.4 Å². The van der Waals surface area contributed by atoms with Gasteiger partial charge >= 0.3 is 0 Å². The van der Waals surface area contributed by atoms with Crippen LogP contribution in [-0.4, -0.2) is 22.5 Å². The first-order chi connectivity index (χ1) is 8.78. The summed E-state index contributed by atoms with van der Waals surface area (Å²) < 4.78 is 8.64. The van der Waals surface area contributed by atoms with Crippen LogP contribution in [0.1, 0.15) is 34.1 Å². The molecular weight excluding hydrogens is 391 g/mol. The van der Waals surface area contributed by atoms with Crippen LogP contribution < -0.4 is 0 Å². The Bertz CT molecular complexity index is 360. The zero-order valence-corrected chi connectivity index (χ0v) is 19.0. The SMILES string of the molecule is C/C(=C\[Si](C)(C)C)C[C@H](/C=C/I)O[Si](C)(C)C(C)(C)C. The highest BCUT2D eigenvalue weighted by Crippen LogP contribution is 2.38. The molecule has 0 N–H and O–H groups in total. The normalized spacial score (nSPS) is 16.8. The summed E-state index contributed by atoms with van der Waals surface area (Å²) in [6, 6.07) is 0. The molecule has 0 unspecified atom stereocenters. The molecule has 0 aliphatic carbocycles. The van der Waals surface area contributed by atoms with Crippen molar-refractivity contribution in [2.75, 3.05) is 0 Å². The molecule has 0 aliphatic rings. The average molecular weight is 425 g/mol. The Morgan fingerprint density at radius 2 is 1.65 bits per heavy atom. The van der Waals surface area contributed by atoms with Crippen molar-refractivity contribution in [3.63, 3.8) is 0 Å². The summed E-state index contributed by atoms with van der Waals surface area (Å²) in [6.45, 7) is 21.0. The molecule has 0 amide bonds. The van der Waals surface area contributed by atoms with E-state index in [9.17, 15) is 0 Å². The van der Waals surface area contributed by atoms with Crippen LogP contribution in [-0.2, 0) is 4.43 Å². The highest BCUT2D eigenvalue weighted by molar-refractivity contribution is 14.1. The highest BCUT2D eigenvalue weighted by atomic mass is 127. The number of hydrogen-bond acceptors (Lipinski definition) is 1. The van der Waals surface area contributed by atoms with Crippen LogP contribution in [0.25, 0.3) is 0 Å². The standard InChI is InChI=1S/C16H33IOSi2/c1-14(13-19(5,6)7)12-15(10-11-17)18-20(8,9)16(2,3)4/h10-11,13,15H,12H2,1-9H3/b11-10+,14-13+/t15-/m0/s1. The minimum atomic E-state index is -1.70. The Balaban J connectivity index is 4.98. The van der Waals surface area contributed by atoms with Gasteiger partial charge in [0.05, 0.1) is 14.2 Å². The molecule has 1 atom stereocenters. The largest absolute Gasteiger partial charge is 0.410 e. The van der Waals surface area contributed by atoms with Crippen molar-refractivity contribution in [3.8, 4) is 0 Å². The van der Waals surface area contributed by atoms with Crippen LogP contribution in [0.15, 0.2) is 21.4 Å². The van der Waals surface area contributed by atoms with Gasteiger partial charge in [0.1, 0.15) is 0 Å². The van der Waals surface area contributed by atoms with Gasteiger partial charge in [-0.3, -0.25) is 0 Å². The predicted octanol–water partition coefficient (Wildman–Crippen LogP) is 6.54. The van der Waals surface area contributed by atoms with Crippen LogP contribution in [0.5, 0.6) is 0 Å². The van der Waals surface area contributed by atoms with Crippen LogP contribution in [0, 0.1) is 0 Å². The molecule has 0 bridgehead atoms. The molecule has 0 spiro atoms. The Morgan fingerprint density at radius 1 is 1.15 bits per heavy atom. The fourth-order valence-corrected chi connectivity index (χ4v) is 5.23. The lowest BCUT2D eigenvalue weighted by molar-refractivity contribution is 0.225. The molecule has 0 saturated heterocycles. The topological polar surface area (TPSA) is 9.23 Å². The van der Waals surface area contributed by atoms with Gasteiger partial charge in [-0.2, -0.15) is 0 Å². The minimum absolute atomic E-state index is 0.223. The molecule has 0 heterocycles. The monoisotopic (exact) mass is 424 g/mol. The van der Waals surface area contributed by atoms with Crippen molar-refractivity contribution in [2.24, 2.45) is 0 Å². The van der Waals surface area contributed by atoms with Crippen molar-refractivity contribution in [2.45, 2.75) is 78.0 Å². The van der Waals surface area contributed by atoms with Gasteiger partial charge in [-0.05, 0) is 35.6 Å². The molecular formula is C16H33IOSi2. The maximum absolute atomic E-state index is 6.55. The van der Waals surface area contributed by atoms with Gasteiger partial charge in [-0.15, -0.1) is 0 Å². The summed E-state index contributed by atoms with van der Waals surface area (Å²) in [5.41, 5.74) is 3.97. The third-order valence-corrected chi connectivity index (χ3v) is 10.0. The fourth-order valence-electron chi connectivity index (χ4n) is 1.90. The highest BCUT2D eigenvalue weighted by Gasteiger charge is 2.38. The van der Waals surface area contributed by atoms with Gasteiger partial charge in [0.25, 0.3) is 0 Å². The maximum atomic E-state index is 6.55. The zero-order valence-electron chi connectivity index (χ0n) is 14.8. The van der Waals surface area contributed by atoms with E-state index in [4.69, 9.17) is 4.43 Å². The van der Waals surface area contributed by atoms with E-state index in [1.54, 1.807) is 0 Å². The molecule has 0 radical (unpaired) electrons. The van der Waals surface area contributed by atoms with Gasteiger partial charge < -0.3 is 4.43 Å². The quantitative estimate of drug-likeness (QED) is 0.347. The lowest BCUT2D eigenvalue weighted by Crippen LogP contribution is -2.43. The van der Waals surface area contributed by atoms with E-state index < -0.39 is 16.4 Å². The van der Waals surface area contributed by atoms with Gasteiger partial charge in [0.2, 0.25) is 0 Å². The molecule has 4 heteroatoms. The first-order valence-corrected chi connectivity index (χ1v) is 15.1. The summed E-state index contributed by atoms with van der Waals surface area (Å²) in [6.07, 6.45) is 3.46. The molecule has 0 aliphatic heterocycles. The van der Waals surface area contributed by atoms with Gasteiger partial charge in [0.15, 0.2) is 8.32 Å². The second-order valence-corrected chi connectivity index (χ2v) is 18.8.